The van der Waals surface area contributed by atoms with Crippen molar-refractivity contribution in [1.82, 2.24) is 25.2 Å². The van der Waals surface area contributed by atoms with Gasteiger partial charge in [0.2, 0.25) is 5.95 Å². The van der Waals surface area contributed by atoms with Gasteiger partial charge < -0.3 is 15.1 Å². The molecule has 0 atom stereocenters. The molecule has 3 rings (SSSR count). The molecule has 154 valence electrons. The maximum Gasteiger partial charge on any atom is 0.270 e. The zero-order valence-electron chi connectivity index (χ0n) is 17.5. The third-order valence-electron chi connectivity index (χ3n) is 4.39. The molecule has 0 saturated carbocycles. The lowest BCUT2D eigenvalue weighted by Crippen LogP contribution is -2.24. The highest BCUT2D eigenvalue weighted by molar-refractivity contribution is 5.99. The minimum atomic E-state index is -0.232. The number of hydrogen-bond acceptors (Lipinski definition) is 6. The number of hydrogen-bond donors (Lipinski definition) is 1. The van der Waals surface area contributed by atoms with Crippen LogP contribution < -0.4 is 10.2 Å². The van der Waals surface area contributed by atoms with E-state index in [1.165, 1.54) is 4.90 Å². The number of rotatable bonds is 6. The summed E-state index contributed by atoms with van der Waals surface area (Å²) in [6.07, 6.45) is 3.14. The van der Waals surface area contributed by atoms with Gasteiger partial charge in [-0.25, -0.2) is 9.97 Å². The van der Waals surface area contributed by atoms with Crippen molar-refractivity contribution in [2.24, 2.45) is 0 Å². The Bertz CT molecular complexity index is 1030. The number of aromatic nitrogens is 3. The Kier molecular flexibility index (Phi) is 6.36. The lowest BCUT2D eigenvalue weighted by Gasteiger charge is -2.16. The van der Waals surface area contributed by atoms with Gasteiger partial charge in [0, 0.05) is 52.7 Å². The smallest absolute Gasteiger partial charge is 0.270 e. The second-order valence-electron chi connectivity index (χ2n) is 7.12. The molecule has 2 amide bonds. The number of nitrogens with zero attached hydrogens (tertiary/aromatic N) is 5. The summed E-state index contributed by atoms with van der Waals surface area (Å²) in [5.41, 5.74) is 3.09. The van der Waals surface area contributed by atoms with E-state index >= 15 is 0 Å². The van der Waals surface area contributed by atoms with E-state index in [2.05, 4.69) is 20.3 Å². The average molecular weight is 404 g/mol. The Balaban J connectivity index is 1.82. The van der Waals surface area contributed by atoms with Crippen LogP contribution in [-0.2, 0) is 6.54 Å². The maximum atomic E-state index is 12.6. The third kappa shape index (κ3) is 4.78. The van der Waals surface area contributed by atoms with Crippen LogP contribution in [0.1, 0.15) is 26.4 Å². The van der Waals surface area contributed by atoms with Crippen LogP contribution in [0.3, 0.4) is 0 Å². The standard InChI is InChI=1S/C22H24N6O2/c1-27(2)21(30)17-14-25-22(28(3)4)26-19(17)16-10-8-15(9-11-16)13-24-20(29)18-7-5-6-12-23-18/h5-12,14H,13H2,1-4H3,(H,24,29). The van der Waals surface area contributed by atoms with Crippen LogP contribution in [-0.4, -0.2) is 59.9 Å². The molecule has 0 saturated heterocycles. The lowest BCUT2D eigenvalue weighted by molar-refractivity contribution is 0.0827. The first kappa shape index (κ1) is 20.9. The highest BCUT2D eigenvalue weighted by atomic mass is 16.2. The molecule has 1 N–H and O–H groups in total. The fraction of sp³-hybridized carbons (Fsp3) is 0.227. The predicted molar refractivity (Wildman–Crippen MR) is 115 cm³/mol. The molecule has 1 aromatic carbocycles. The lowest BCUT2D eigenvalue weighted by atomic mass is 10.0. The largest absolute Gasteiger partial charge is 0.347 e. The van der Waals surface area contributed by atoms with Crippen LogP contribution in [0.5, 0.6) is 0 Å². The molecule has 2 heterocycles. The molecule has 0 aliphatic heterocycles. The Morgan fingerprint density at radius 1 is 0.967 bits per heavy atom. The van der Waals surface area contributed by atoms with E-state index in [4.69, 9.17) is 0 Å². The minimum Gasteiger partial charge on any atom is -0.347 e. The first-order chi connectivity index (χ1) is 14.4. The SMILES string of the molecule is CN(C)C(=O)c1cnc(N(C)C)nc1-c1ccc(CNC(=O)c2ccccn2)cc1. The van der Waals surface area contributed by atoms with Crippen LogP contribution in [0.15, 0.2) is 54.9 Å². The summed E-state index contributed by atoms with van der Waals surface area (Å²) in [5, 5.41) is 2.85. The van der Waals surface area contributed by atoms with Gasteiger partial charge in [-0.2, -0.15) is 0 Å². The molecule has 0 aliphatic rings. The van der Waals surface area contributed by atoms with Gasteiger partial charge in [-0.3, -0.25) is 14.6 Å². The van der Waals surface area contributed by atoms with E-state index in [1.54, 1.807) is 49.6 Å². The number of benzene rings is 1. The molecular formula is C22H24N6O2. The van der Waals surface area contributed by atoms with Crippen LogP contribution in [0.25, 0.3) is 11.3 Å². The van der Waals surface area contributed by atoms with Crippen molar-refractivity contribution in [2.75, 3.05) is 33.1 Å². The first-order valence-electron chi connectivity index (χ1n) is 9.41. The fourth-order valence-corrected chi connectivity index (χ4v) is 2.76. The van der Waals surface area contributed by atoms with Crippen LogP contribution in [0.2, 0.25) is 0 Å². The van der Waals surface area contributed by atoms with E-state index in [-0.39, 0.29) is 11.8 Å². The van der Waals surface area contributed by atoms with Gasteiger partial charge in [-0.15, -0.1) is 0 Å². The second-order valence-corrected chi connectivity index (χ2v) is 7.12. The topological polar surface area (TPSA) is 91.3 Å². The van der Waals surface area contributed by atoms with E-state index in [1.807, 2.05) is 38.4 Å². The summed E-state index contributed by atoms with van der Waals surface area (Å²) >= 11 is 0. The molecule has 0 unspecified atom stereocenters. The van der Waals surface area contributed by atoms with Crippen molar-refractivity contribution in [3.05, 3.63) is 71.7 Å². The number of nitrogens with one attached hydrogen (secondary N) is 1. The van der Waals surface area contributed by atoms with Crippen molar-refractivity contribution in [3.8, 4) is 11.3 Å². The summed E-state index contributed by atoms with van der Waals surface area (Å²) in [6.45, 7) is 0.367. The number of carbonyl (C=O) groups excluding carboxylic acids is 2. The molecular weight excluding hydrogens is 380 g/mol. The fourth-order valence-electron chi connectivity index (χ4n) is 2.76. The Morgan fingerprint density at radius 3 is 2.30 bits per heavy atom. The number of pyridine rings is 1. The molecule has 0 bridgehead atoms. The van der Waals surface area contributed by atoms with Crippen molar-refractivity contribution in [2.45, 2.75) is 6.54 Å². The minimum absolute atomic E-state index is 0.165. The number of anilines is 1. The zero-order chi connectivity index (χ0) is 21.7. The van der Waals surface area contributed by atoms with Gasteiger partial charge in [-0.1, -0.05) is 30.3 Å². The normalized spacial score (nSPS) is 10.4. The monoisotopic (exact) mass is 404 g/mol. The predicted octanol–water partition coefficient (Wildman–Crippen LogP) is 2.24. The molecule has 0 aliphatic carbocycles. The molecule has 2 aromatic heterocycles. The molecule has 30 heavy (non-hydrogen) atoms. The van der Waals surface area contributed by atoms with E-state index in [0.717, 1.165) is 11.1 Å². The summed E-state index contributed by atoms with van der Waals surface area (Å²) < 4.78 is 0. The first-order valence-corrected chi connectivity index (χ1v) is 9.41. The Labute approximate surface area is 175 Å². The summed E-state index contributed by atoms with van der Waals surface area (Å²) in [6, 6.07) is 12.8. The van der Waals surface area contributed by atoms with Gasteiger partial charge >= 0.3 is 0 Å². The number of carbonyl (C=O) groups is 2. The van der Waals surface area contributed by atoms with E-state index in [0.29, 0.717) is 29.4 Å². The Morgan fingerprint density at radius 2 is 1.70 bits per heavy atom. The van der Waals surface area contributed by atoms with E-state index in [9.17, 15) is 9.59 Å². The van der Waals surface area contributed by atoms with Gasteiger partial charge in [-0.05, 0) is 17.7 Å². The summed E-state index contributed by atoms with van der Waals surface area (Å²) in [4.78, 5) is 40.9. The summed E-state index contributed by atoms with van der Waals surface area (Å²) in [5.74, 6) is 0.124. The molecule has 8 nitrogen and oxygen atoms in total. The van der Waals surface area contributed by atoms with Crippen molar-refractivity contribution in [1.29, 1.82) is 0 Å². The van der Waals surface area contributed by atoms with Crippen molar-refractivity contribution >= 4 is 17.8 Å². The second kappa shape index (κ2) is 9.13. The number of amides is 2. The third-order valence-corrected chi connectivity index (χ3v) is 4.39. The van der Waals surface area contributed by atoms with Crippen molar-refractivity contribution < 1.29 is 9.59 Å². The molecule has 3 aromatic rings. The average Bonchev–Trinajstić information content (AvgIpc) is 2.77. The van der Waals surface area contributed by atoms with Gasteiger partial charge in [0.25, 0.3) is 11.8 Å². The highest BCUT2D eigenvalue weighted by Gasteiger charge is 2.18. The quantitative estimate of drug-likeness (QED) is 0.678. The van der Waals surface area contributed by atoms with Gasteiger partial charge in [0.15, 0.2) is 0 Å². The van der Waals surface area contributed by atoms with Gasteiger partial charge in [0.1, 0.15) is 5.69 Å². The van der Waals surface area contributed by atoms with Gasteiger partial charge in [0.05, 0.1) is 11.3 Å². The van der Waals surface area contributed by atoms with Crippen LogP contribution >= 0.6 is 0 Å². The molecule has 0 spiro atoms. The maximum absolute atomic E-state index is 12.6. The molecule has 0 radical (unpaired) electrons. The van der Waals surface area contributed by atoms with Crippen LogP contribution in [0.4, 0.5) is 5.95 Å². The molecule has 8 heteroatoms. The van der Waals surface area contributed by atoms with E-state index < -0.39 is 0 Å². The van der Waals surface area contributed by atoms with Crippen LogP contribution in [0, 0.1) is 0 Å². The zero-order valence-corrected chi connectivity index (χ0v) is 17.5. The van der Waals surface area contributed by atoms with Crippen molar-refractivity contribution in [3.63, 3.8) is 0 Å². The highest BCUT2D eigenvalue weighted by Crippen LogP contribution is 2.24. The Hall–Kier alpha value is -3.81. The molecule has 0 fully saturated rings. The summed E-state index contributed by atoms with van der Waals surface area (Å²) in [7, 11) is 7.08.